The van der Waals surface area contributed by atoms with Gasteiger partial charge >= 0.3 is 5.97 Å². The molecule has 6 nitrogen and oxygen atoms in total. The topological polar surface area (TPSA) is 92.7 Å². The van der Waals surface area contributed by atoms with Gasteiger partial charge in [0.15, 0.2) is 0 Å². The molecule has 1 atom stereocenters. The molecule has 0 saturated carbocycles. The molecule has 1 unspecified atom stereocenters. The molecule has 2 rings (SSSR count). The van der Waals surface area contributed by atoms with Crippen LogP contribution in [0.3, 0.4) is 0 Å². The number of methoxy groups -OCH3 is 1. The molecule has 0 fully saturated rings. The monoisotopic (exact) mass is 341 g/mol. The Morgan fingerprint density at radius 3 is 2.64 bits per heavy atom. The fourth-order valence-electron chi connectivity index (χ4n) is 1.96. The van der Waals surface area contributed by atoms with Crippen molar-refractivity contribution in [3.8, 4) is 5.75 Å². The Bertz CT molecular complexity index is 740. The minimum Gasteiger partial charge on any atom is -0.495 e. The van der Waals surface area contributed by atoms with E-state index in [0.717, 1.165) is 0 Å². The number of rotatable bonds is 7. The molecule has 8 heteroatoms. The largest absolute Gasteiger partial charge is 0.495 e. The van der Waals surface area contributed by atoms with Gasteiger partial charge in [0, 0.05) is 4.88 Å². The van der Waals surface area contributed by atoms with E-state index in [1.165, 1.54) is 30.6 Å². The van der Waals surface area contributed by atoms with Crippen molar-refractivity contribution in [2.75, 3.05) is 7.11 Å². The van der Waals surface area contributed by atoms with E-state index >= 15 is 0 Å². The molecule has 2 N–H and O–H groups in total. The lowest BCUT2D eigenvalue weighted by Crippen LogP contribution is -2.30. The molecule has 118 valence electrons. The number of para-hydroxylation sites is 1. The summed E-state index contributed by atoms with van der Waals surface area (Å²) in [5.41, 5.74) is 0. The predicted molar refractivity (Wildman–Crippen MR) is 82.6 cm³/mol. The van der Waals surface area contributed by atoms with Crippen LogP contribution in [-0.2, 0) is 14.8 Å². The van der Waals surface area contributed by atoms with Crippen LogP contribution in [0.2, 0.25) is 0 Å². The SMILES string of the molecule is COc1ccccc1S(=O)(=O)NC(CC(=O)O)c1cccs1. The van der Waals surface area contributed by atoms with Gasteiger partial charge in [-0.3, -0.25) is 4.79 Å². The van der Waals surface area contributed by atoms with Gasteiger partial charge in [0.05, 0.1) is 19.6 Å². The molecular formula is C14H15NO5S2. The molecule has 0 aliphatic rings. The second kappa shape index (κ2) is 6.91. The number of hydrogen-bond acceptors (Lipinski definition) is 5. The lowest BCUT2D eigenvalue weighted by atomic mass is 10.2. The molecule has 0 bridgehead atoms. The van der Waals surface area contributed by atoms with E-state index in [1.54, 1.807) is 29.6 Å². The van der Waals surface area contributed by atoms with Crippen LogP contribution in [0.5, 0.6) is 5.75 Å². The highest BCUT2D eigenvalue weighted by atomic mass is 32.2. The van der Waals surface area contributed by atoms with E-state index in [1.807, 2.05) is 0 Å². The molecule has 2 aromatic rings. The van der Waals surface area contributed by atoms with Crippen LogP contribution in [0, 0.1) is 0 Å². The van der Waals surface area contributed by atoms with Crippen LogP contribution < -0.4 is 9.46 Å². The summed E-state index contributed by atoms with van der Waals surface area (Å²) in [7, 11) is -2.53. The quantitative estimate of drug-likeness (QED) is 0.806. The summed E-state index contributed by atoms with van der Waals surface area (Å²) in [6, 6.07) is 8.79. The summed E-state index contributed by atoms with van der Waals surface area (Å²) in [5, 5.41) is 10.8. The number of carboxylic acid groups (broad SMARTS) is 1. The van der Waals surface area contributed by atoms with Crippen LogP contribution >= 0.6 is 11.3 Å². The normalized spacial score (nSPS) is 12.8. The molecule has 0 aliphatic carbocycles. The zero-order chi connectivity index (χ0) is 16.2. The number of sulfonamides is 1. The van der Waals surface area contributed by atoms with Gasteiger partial charge < -0.3 is 9.84 Å². The van der Waals surface area contributed by atoms with Gasteiger partial charge in [-0.2, -0.15) is 0 Å². The second-order valence-corrected chi connectivity index (χ2v) is 7.10. The highest BCUT2D eigenvalue weighted by Crippen LogP contribution is 2.27. The van der Waals surface area contributed by atoms with Crippen molar-refractivity contribution in [3.05, 3.63) is 46.7 Å². The minimum absolute atomic E-state index is 0.0237. The highest BCUT2D eigenvalue weighted by molar-refractivity contribution is 7.89. The smallest absolute Gasteiger partial charge is 0.305 e. The molecule has 22 heavy (non-hydrogen) atoms. The molecular weight excluding hydrogens is 326 g/mol. The number of carboxylic acids is 1. The average Bonchev–Trinajstić information content (AvgIpc) is 3.00. The number of nitrogens with one attached hydrogen (secondary N) is 1. The summed E-state index contributed by atoms with van der Waals surface area (Å²) in [6.45, 7) is 0. The van der Waals surface area contributed by atoms with Crippen molar-refractivity contribution in [1.29, 1.82) is 0 Å². The number of thiophene rings is 1. The highest BCUT2D eigenvalue weighted by Gasteiger charge is 2.26. The second-order valence-electron chi connectivity index (χ2n) is 4.44. The first-order valence-corrected chi connectivity index (χ1v) is 8.71. The van der Waals surface area contributed by atoms with Crippen molar-refractivity contribution in [2.45, 2.75) is 17.4 Å². The lowest BCUT2D eigenvalue weighted by Gasteiger charge is -2.17. The van der Waals surface area contributed by atoms with Crippen molar-refractivity contribution < 1.29 is 23.1 Å². The fraction of sp³-hybridized carbons (Fsp3) is 0.214. The van der Waals surface area contributed by atoms with E-state index in [9.17, 15) is 13.2 Å². The number of ether oxygens (including phenoxy) is 1. The Hall–Kier alpha value is -1.90. The number of hydrogen-bond donors (Lipinski definition) is 2. The molecule has 0 saturated heterocycles. The Labute approximate surface area is 132 Å². The first-order valence-electron chi connectivity index (χ1n) is 6.34. The van der Waals surface area contributed by atoms with Gasteiger partial charge in [0.25, 0.3) is 0 Å². The maximum atomic E-state index is 12.5. The van der Waals surface area contributed by atoms with Gasteiger partial charge in [-0.25, -0.2) is 13.1 Å². The zero-order valence-electron chi connectivity index (χ0n) is 11.7. The summed E-state index contributed by atoms with van der Waals surface area (Å²) in [4.78, 5) is 11.6. The van der Waals surface area contributed by atoms with E-state index < -0.39 is 22.0 Å². The maximum Gasteiger partial charge on any atom is 0.305 e. The van der Waals surface area contributed by atoms with Crippen molar-refractivity contribution >= 4 is 27.3 Å². The van der Waals surface area contributed by atoms with Crippen LogP contribution in [-0.4, -0.2) is 26.6 Å². The standard InChI is InChI=1S/C14H15NO5S2/c1-20-11-5-2-3-7-13(11)22(18,19)15-10(9-14(16)17)12-6-4-8-21-12/h2-8,10,15H,9H2,1H3,(H,16,17). The molecule has 0 aliphatic heterocycles. The third-order valence-electron chi connectivity index (χ3n) is 2.92. The van der Waals surface area contributed by atoms with E-state index in [-0.39, 0.29) is 17.1 Å². The van der Waals surface area contributed by atoms with E-state index in [2.05, 4.69) is 4.72 Å². The first kappa shape index (κ1) is 16.5. The summed E-state index contributed by atoms with van der Waals surface area (Å²) < 4.78 is 32.5. The third kappa shape index (κ3) is 3.85. The first-order chi connectivity index (χ1) is 10.4. The van der Waals surface area contributed by atoms with Crippen molar-refractivity contribution in [2.24, 2.45) is 0 Å². The van der Waals surface area contributed by atoms with Crippen molar-refractivity contribution in [3.63, 3.8) is 0 Å². The number of benzene rings is 1. The predicted octanol–water partition coefficient (Wildman–Crippen LogP) is 2.25. The van der Waals surface area contributed by atoms with Crippen LogP contribution in [0.25, 0.3) is 0 Å². The Balaban J connectivity index is 2.34. The maximum absolute atomic E-state index is 12.5. The van der Waals surface area contributed by atoms with Gasteiger partial charge in [0.1, 0.15) is 10.6 Å². The van der Waals surface area contributed by atoms with Gasteiger partial charge in [-0.1, -0.05) is 18.2 Å². The molecule has 1 aromatic carbocycles. The molecule has 0 spiro atoms. The number of carbonyl (C=O) groups is 1. The van der Waals surface area contributed by atoms with Gasteiger partial charge in [0.2, 0.25) is 10.0 Å². The van der Waals surface area contributed by atoms with Crippen LogP contribution in [0.15, 0.2) is 46.7 Å². The van der Waals surface area contributed by atoms with E-state index in [0.29, 0.717) is 4.88 Å². The Kier molecular flexibility index (Phi) is 5.17. The summed E-state index contributed by atoms with van der Waals surface area (Å²) >= 11 is 1.30. The van der Waals surface area contributed by atoms with Gasteiger partial charge in [-0.15, -0.1) is 11.3 Å². The average molecular weight is 341 g/mol. The third-order valence-corrected chi connectivity index (χ3v) is 5.42. The number of aliphatic carboxylic acids is 1. The Morgan fingerprint density at radius 2 is 2.05 bits per heavy atom. The minimum atomic E-state index is -3.91. The molecule has 0 amide bonds. The summed E-state index contributed by atoms with van der Waals surface area (Å²) in [6.07, 6.45) is -0.338. The van der Waals surface area contributed by atoms with E-state index in [4.69, 9.17) is 9.84 Å². The van der Waals surface area contributed by atoms with Crippen molar-refractivity contribution in [1.82, 2.24) is 4.72 Å². The van der Waals surface area contributed by atoms with Crippen LogP contribution in [0.1, 0.15) is 17.3 Å². The zero-order valence-corrected chi connectivity index (χ0v) is 13.4. The lowest BCUT2D eigenvalue weighted by molar-refractivity contribution is -0.137. The molecule has 1 heterocycles. The molecule has 0 radical (unpaired) electrons. The molecule has 1 aromatic heterocycles. The van der Waals surface area contributed by atoms with Gasteiger partial charge in [-0.05, 0) is 23.6 Å². The fourth-order valence-corrected chi connectivity index (χ4v) is 4.19. The van der Waals surface area contributed by atoms with Crippen LogP contribution in [0.4, 0.5) is 0 Å². The Morgan fingerprint density at radius 1 is 1.32 bits per heavy atom. The summed E-state index contributed by atoms with van der Waals surface area (Å²) in [5.74, 6) is -0.878.